The molecule has 42 heavy (non-hydrogen) atoms. The molecule has 226 valence electrons. The first-order valence-electron chi connectivity index (χ1n) is 14.6. The van der Waals surface area contributed by atoms with Crippen LogP contribution in [0.1, 0.15) is 77.3 Å². The molecule has 0 unspecified atom stereocenters. The van der Waals surface area contributed by atoms with Crippen molar-refractivity contribution in [2.24, 2.45) is 4.99 Å². The summed E-state index contributed by atoms with van der Waals surface area (Å²) in [4.78, 5) is 8.69. The van der Waals surface area contributed by atoms with Crippen LogP contribution in [0.15, 0.2) is 72.3 Å². The Morgan fingerprint density at radius 3 is 2.45 bits per heavy atom. The Labute approximate surface area is 298 Å². The molecular weight excluding hydrogens is 548 g/mol. The Bertz CT molecular complexity index is 1090. The van der Waals surface area contributed by atoms with Crippen LogP contribution in [0.2, 0.25) is 0 Å². The Hall–Kier alpha value is -1.94. The van der Waals surface area contributed by atoms with Crippen LogP contribution in [-0.4, -0.2) is 60.6 Å². The SMILES string of the molecule is C=C(N=[C-]/C(C=[C-]c1cn[nH]c1)=C\C)Nc1ccc(C(=C)N(C)CN(C)CCC)cc1OC.CC.[CH-]1CCCCC1.[K+]. The molecule has 7 nitrogen and oxygen atoms in total. The van der Waals surface area contributed by atoms with Crippen molar-refractivity contribution in [3.8, 4) is 5.75 Å². The molecule has 2 N–H and O–H groups in total. The molecule has 1 aliphatic carbocycles. The number of nitrogens with zero attached hydrogens (tertiary/aromatic N) is 4. The van der Waals surface area contributed by atoms with Crippen molar-refractivity contribution in [1.29, 1.82) is 0 Å². The molecule has 0 spiro atoms. The first-order valence-corrected chi connectivity index (χ1v) is 14.6. The summed E-state index contributed by atoms with van der Waals surface area (Å²) in [6.45, 7) is 18.2. The molecule has 1 heterocycles. The van der Waals surface area contributed by atoms with E-state index in [4.69, 9.17) is 4.74 Å². The molecule has 2 aromatic rings. The third-order valence-electron chi connectivity index (χ3n) is 6.17. The zero-order valence-electron chi connectivity index (χ0n) is 27.4. The standard InChI is InChI=1S/C26H34N6O.C6H11.C2H6.K/c1-8-14-31(5)19-32(6)20(3)24-12-13-25(26(15-24)33-7)30-21(4)27-16-22(9-2)10-11-23-17-28-29-18-23;1-2-4-6-5-3-1;1-2;/h9-10,12-13,15,17-18,30H,3-4,8,14,19H2,1-2,5-7H3,(H,28,29);1H,2-6H2;1-2H3;/q-2;-1;;+1/b22-9-;;;. The zero-order valence-corrected chi connectivity index (χ0v) is 30.5. The van der Waals surface area contributed by atoms with Gasteiger partial charge in [-0.25, -0.2) is 16.7 Å². The Kier molecular flexibility index (Phi) is 23.4. The monoisotopic (exact) mass is 598 g/mol. The summed E-state index contributed by atoms with van der Waals surface area (Å²) in [5.74, 6) is 1.12. The minimum atomic E-state index is 0. The van der Waals surface area contributed by atoms with Gasteiger partial charge in [-0.2, -0.15) is 25.0 Å². The first-order chi connectivity index (χ1) is 19.9. The molecule has 1 saturated carbocycles. The van der Waals surface area contributed by atoms with E-state index in [2.05, 4.69) is 76.1 Å². The van der Waals surface area contributed by atoms with E-state index in [1.807, 2.05) is 52.1 Å². The summed E-state index contributed by atoms with van der Waals surface area (Å²) < 4.78 is 5.59. The number of aromatic nitrogens is 2. The van der Waals surface area contributed by atoms with Gasteiger partial charge >= 0.3 is 51.4 Å². The number of aliphatic imine (C=N–C) groups is 1. The molecule has 1 aromatic carbocycles. The van der Waals surface area contributed by atoms with Crippen LogP contribution in [0.5, 0.6) is 5.75 Å². The van der Waals surface area contributed by atoms with Gasteiger partial charge in [-0.05, 0) is 38.3 Å². The van der Waals surface area contributed by atoms with E-state index in [1.54, 1.807) is 25.6 Å². The van der Waals surface area contributed by atoms with Crippen molar-refractivity contribution in [3.05, 3.63) is 90.9 Å². The van der Waals surface area contributed by atoms with Crippen molar-refractivity contribution in [3.63, 3.8) is 0 Å². The second-order valence-electron chi connectivity index (χ2n) is 9.52. The average Bonchev–Trinajstić information content (AvgIpc) is 3.53. The van der Waals surface area contributed by atoms with E-state index in [0.29, 0.717) is 11.6 Å². The van der Waals surface area contributed by atoms with Crippen molar-refractivity contribution in [2.75, 3.05) is 39.7 Å². The van der Waals surface area contributed by atoms with Gasteiger partial charge in [0.05, 0.1) is 19.5 Å². The number of hydrogen-bond donors (Lipinski definition) is 2. The predicted octanol–water partition coefficient (Wildman–Crippen LogP) is 4.99. The Morgan fingerprint density at radius 2 is 1.93 bits per heavy atom. The molecule has 0 saturated heterocycles. The second kappa shape index (κ2) is 24.5. The fraction of sp³-hybridized carbons (Fsp3) is 0.441. The van der Waals surface area contributed by atoms with Gasteiger partial charge in [-0.1, -0.05) is 78.6 Å². The van der Waals surface area contributed by atoms with Crippen molar-refractivity contribution in [2.45, 2.75) is 66.2 Å². The van der Waals surface area contributed by atoms with Gasteiger partial charge in [0, 0.05) is 24.1 Å². The summed E-state index contributed by atoms with van der Waals surface area (Å²) >= 11 is 0. The number of allylic oxidation sites excluding steroid dienone is 3. The van der Waals surface area contributed by atoms with Crippen molar-refractivity contribution >= 4 is 17.6 Å². The largest absolute Gasteiger partial charge is 1.00 e. The van der Waals surface area contributed by atoms with Crippen LogP contribution in [0.4, 0.5) is 5.69 Å². The molecule has 0 amide bonds. The molecule has 1 aromatic heterocycles. The average molecular weight is 599 g/mol. The summed E-state index contributed by atoms with van der Waals surface area (Å²) in [6, 6.07) is 5.90. The van der Waals surface area contributed by atoms with Gasteiger partial charge in [-0.3, -0.25) is 4.90 Å². The summed E-state index contributed by atoms with van der Waals surface area (Å²) in [7, 11) is 5.78. The number of hydrogen-bond acceptors (Lipinski definition) is 6. The first kappa shape index (κ1) is 40.1. The fourth-order valence-electron chi connectivity index (χ4n) is 3.98. The van der Waals surface area contributed by atoms with E-state index < -0.39 is 0 Å². The molecule has 1 fully saturated rings. The third-order valence-corrected chi connectivity index (χ3v) is 6.17. The van der Waals surface area contributed by atoms with E-state index >= 15 is 0 Å². The predicted molar refractivity (Wildman–Crippen MR) is 176 cm³/mol. The Balaban J connectivity index is 0.00000163. The van der Waals surface area contributed by atoms with Crippen LogP contribution in [-0.2, 0) is 0 Å². The van der Waals surface area contributed by atoms with Crippen LogP contribution in [0.3, 0.4) is 0 Å². The topological polar surface area (TPSA) is 68.8 Å². The van der Waals surface area contributed by atoms with Gasteiger partial charge < -0.3 is 31.5 Å². The molecule has 0 radical (unpaired) electrons. The fourth-order valence-corrected chi connectivity index (χ4v) is 3.98. The van der Waals surface area contributed by atoms with E-state index in [0.717, 1.165) is 47.7 Å². The molecule has 1 aliphatic rings. The quantitative estimate of drug-likeness (QED) is 0.112. The van der Waals surface area contributed by atoms with Gasteiger partial charge in [0.25, 0.3) is 0 Å². The van der Waals surface area contributed by atoms with Crippen molar-refractivity contribution < 1.29 is 56.1 Å². The number of aromatic amines is 1. The van der Waals surface area contributed by atoms with Gasteiger partial charge in [0.1, 0.15) is 5.75 Å². The maximum Gasteiger partial charge on any atom is 1.00 e. The Morgan fingerprint density at radius 1 is 1.21 bits per heavy atom. The number of methoxy groups -OCH3 is 1. The van der Waals surface area contributed by atoms with Gasteiger partial charge in [0.15, 0.2) is 0 Å². The summed E-state index contributed by atoms with van der Waals surface area (Å²) in [5.41, 5.74) is 4.29. The van der Waals surface area contributed by atoms with Crippen LogP contribution in [0.25, 0.3) is 5.70 Å². The molecule has 0 aliphatic heterocycles. The molecular formula is C34H51KN6O-2. The summed E-state index contributed by atoms with van der Waals surface area (Å²) in [5, 5.41) is 9.82. The van der Waals surface area contributed by atoms with Crippen LogP contribution in [0, 0.1) is 12.5 Å². The van der Waals surface area contributed by atoms with Crippen LogP contribution < -0.4 is 61.4 Å². The molecule has 3 rings (SSSR count). The number of ether oxygens (including phenoxy) is 1. The number of benzene rings is 1. The minimum Gasteiger partial charge on any atom is -0.495 e. The number of anilines is 1. The maximum absolute atomic E-state index is 5.59. The van der Waals surface area contributed by atoms with E-state index in [-0.39, 0.29) is 51.4 Å². The maximum atomic E-state index is 5.59. The minimum absolute atomic E-state index is 0. The smallest absolute Gasteiger partial charge is 0.495 e. The van der Waals surface area contributed by atoms with Gasteiger partial charge in [0.2, 0.25) is 0 Å². The normalized spacial score (nSPS) is 13.0. The van der Waals surface area contributed by atoms with E-state index in [1.165, 1.54) is 32.1 Å². The molecule has 8 heteroatoms. The zero-order chi connectivity index (χ0) is 30.5. The van der Waals surface area contributed by atoms with E-state index in [9.17, 15) is 0 Å². The van der Waals surface area contributed by atoms with Crippen LogP contribution >= 0.6 is 0 Å². The van der Waals surface area contributed by atoms with Crippen molar-refractivity contribution in [1.82, 2.24) is 20.0 Å². The second-order valence-corrected chi connectivity index (χ2v) is 9.52. The number of rotatable bonds is 13. The number of nitrogens with one attached hydrogen (secondary N) is 2. The molecule has 0 atom stereocenters. The molecule has 0 bridgehead atoms. The third kappa shape index (κ3) is 16.1. The number of H-pyrrole nitrogens is 1. The summed E-state index contributed by atoms with van der Waals surface area (Å²) in [6.07, 6.45) is 23.8. The van der Waals surface area contributed by atoms with Gasteiger partial charge in [-0.15, -0.1) is 5.56 Å².